The van der Waals surface area contributed by atoms with Gasteiger partial charge in [-0.3, -0.25) is 9.78 Å². The van der Waals surface area contributed by atoms with Gasteiger partial charge < -0.3 is 19.5 Å². The molecule has 32 heavy (non-hydrogen) atoms. The van der Waals surface area contributed by atoms with E-state index in [2.05, 4.69) is 61.7 Å². The average molecular weight is 513 g/mol. The number of aryl methyl sites for hydroxylation is 1. The highest BCUT2D eigenvalue weighted by Gasteiger charge is 2.41. The number of aromatic nitrogens is 2. The Labute approximate surface area is 201 Å². The molecule has 1 aliphatic heterocycles. The Morgan fingerprint density at radius 2 is 1.97 bits per heavy atom. The van der Waals surface area contributed by atoms with E-state index >= 15 is 0 Å². The van der Waals surface area contributed by atoms with Gasteiger partial charge in [-0.25, -0.2) is 0 Å². The van der Waals surface area contributed by atoms with Gasteiger partial charge in [-0.2, -0.15) is 0 Å². The zero-order valence-electron chi connectivity index (χ0n) is 18.2. The van der Waals surface area contributed by atoms with Crippen LogP contribution in [0.1, 0.15) is 41.1 Å². The molecule has 0 unspecified atom stereocenters. The SMILES string of the molecule is COC(=O)CCN1C(=S)N[C@@H](c2ccccn2)[C@@H]1c1cc(C)n(-c2ccccc2Br)c1C. The molecule has 1 aromatic carbocycles. The monoisotopic (exact) mass is 512 g/mol. The van der Waals surface area contributed by atoms with E-state index in [0.29, 0.717) is 11.7 Å². The highest BCUT2D eigenvalue weighted by Crippen LogP contribution is 2.41. The predicted octanol–water partition coefficient (Wildman–Crippen LogP) is 4.79. The maximum absolute atomic E-state index is 11.9. The first kappa shape index (κ1) is 22.5. The first-order valence-electron chi connectivity index (χ1n) is 10.4. The third-order valence-corrected chi connectivity index (χ3v) is 6.89. The molecule has 0 amide bonds. The van der Waals surface area contributed by atoms with Crippen LogP contribution in [0.3, 0.4) is 0 Å². The van der Waals surface area contributed by atoms with Gasteiger partial charge in [0.15, 0.2) is 5.11 Å². The summed E-state index contributed by atoms with van der Waals surface area (Å²) in [7, 11) is 1.41. The molecule has 4 rings (SSSR count). The lowest BCUT2D eigenvalue weighted by atomic mass is 9.96. The molecular weight excluding hydrogens is 488 g/mol. The number of carbonyl (C=O) groups is 1. The van der Waals surface area contributed by atoms with Crippen molar-refractivity contribution < 1.29 is 9.53 Å². The number of halogens is 1. The lowest BCUT2D eigenvalue weighted by Crippen LogP contribution is -2.32. The largest absolute Gasteiger partial charge is 0.469 e. The van der Waals surface area contributed by atoms with E-state index in [1.54, 1.807) is 6.20 Å². The summed E-state index contributed by atoms with van der Waals surface area (Å²) in [6, 6.07) is 16.0. The molecule has 1 N–H and O–H groups in total. The van der Waals surface area contributed by atoms with Crippen molar-refractivity contribution in [2.45, 2.75) is 32.4 Å². The predicted molar refractivity (Wildman–Crippen MR) is 132 cm³/mol. The van der Waals surface area contributed by atoms with Crippen molar-refractivity contribution >= 4 is 39.2 Å². The number of esters is 1. The Balaban J connectivity index is 1.81. The van der Waals surface area contributed by atoms with Crippen molar-refractivity contribution in [1.82, 2.24) is 19.8 Å². The summed E-state index contributed by atoms with van der Waals surface area (Å²) in [5.41, 5.74) is 5.37. The molecule has 0 radical (unpaired) electrons. The van der Waals surface area contributed by atoms with Gasteiger partial charge in [-0.1, -0.05) is 18.2 Å². The lowest BCUT2D eigenvalue weighted by Gasteiger charge is -2.28. The van der Waals surface area contributed by atoms with Gasteiger partial charge in [-0.05, 0) is 77.9 Å². The number of ether oxygens (including phenoxy) is 1. The summed E-state index contributed by atoms with van der Waals surface area (Å²) in [6.45, 7) is 4.69. The Morgan fingerprint density at radius 1 is 1.22 bits per heavy atom. The standard InChI is InChI=1S/C24H25BrN4O2S/c1-15-14-17(16(2)29(15)20-10-5-4-8-18(20)25)23-22(19-9-6-7-12-26-19)27-24(32)28(23)13-11-21(30)31-3/h4-10,12,14,22-23H,11,13H2,1-3H3,(H,27,32)/t22-,23-/m0/s1. The molecular formula is C24H25BrN4O2S. The van der Waals surface area contributed by atoms with E-state index in [1.807, 2.05) is 36.4 Å². The summed E-state index contributed by atoms with van der Waals surface area (Å²) in [4.78, 5) is 18.6. The van der Waals surface area contributed by atoms with E-state index < -0.39 is 0 Å². The second kappa shape index (κ2) is 9.42. The maximum atomic E-state index is 11.9. The van der Waals surface area contributed by atoms with E-state index in [-0.39, 0.29) is 24.5 Å². The summed E-state index contributed by atoms with van der Waals surface area (Å²) in [5, 5.41) is 4.05. The van der Waals surface area contributed by atoms with Crippen molar-refractivity contribution in [2.75, 3.05) is 13.7 Å². The van der Waals surface area contributed by atoms with Crippen molar-refractivity contribution in [3.63, 3.8) is 0 Å². The van der Waals surface area contributed by atoms with E-state index in [1.165, 1.54) is 7.11 Å². The van der Waals surface area contributed by atoms with Gasteiger partial charge >= 0.3 is 5.97 Å². The average Bonchev–Trinajstić information content (AvgIpc) is 3.28. The van der Waals surface area contributed by atoms with Crippen LogP contribution in [0.4, 0.5) is 0 Å². The van der Waals surface area contributed by atoms with Gasteiger partial charge in [0.05, 0.1) is 37.0 Å². The van der Waals surface area contributed by atoms with Crippen LogP contribution < -0.4 is 5.32 Å². The molecule has 0 bridgehead atoms. The van der Waals surface area contributed by atoms with Gasteiger partial charge in [-0.15, -0.1) is 0 Å². The Kier molecular flexibility index (Phi) is 6.62. The second-order valence-corrected chi connectivity index (χ2v) is 9.00. The van der Waals surface area contributed by atoms with Gasteiger partial charge in [0.1, 0.15) is 0 Å². The minimum atomic E-state index is -0.258. The molecule has 3 heterocycles. The first-order valence-corrected chi connectivity index (χ1v) is 11.6. The highest BCUT2D eigenvalue weighted by molar-refractivity contribution is 9.10. The third kappa shape index (κ3) is 4.17. The molecule has 1 aliphatic rings. The number of para-hydroxylation sites is 1. The molecule has 1 fully saturated rings. The smallest absolute Gasteiger partial charge is 0.307 e. The molecule has 3 aromatic rings. The topological polar surface area (TPSA) is 59.4 Å². The van der Waals surface area contributed by atoms with E-state index in [9.17, 15) is 4.79 Å². The Hall–Kier alpha value is -2.71. The summed E-state index contributed by atoms with van der Waals surface area (Å²) < 4.78 is 8.13. The Morgan fingerprint density at radius 3 is 2.66 bits per heavy atom. The molecule has 0 spiro atoms. The molecule has 2 aromatic heterocycles. The van der Waals surface area contributed by atoms with Crippen LogP contribution in [-0.2, 0) is 9.53 Å². The third-order valence-electron chi connectivity index (χ3n) is 5.86. The summed E-state index contributed by atoms with van der Waals surface area (Å²) >= 11 is 9.39. The van der Waals surface area contributed by atoms with Crippen molar-refractivity contribution in [2.24, 2.45) is 0 Å². The van der Waals surface area contributed by atoms with Crippen molar-refractivity contribution in [3.05, 3.63) is 81.8 Å². The zero-order chi connectivity index (χ0) is 22.8. The second-order valence-electron chi connectivity index (χ2n) is 7.76. The van der Waals surface area contributed by atoms with E-state index in [0.717, 1.165) is 32.8 Å². The number of hydrogen-bond acceptors (Lipinski definition) is 4. The number of benzene rings is 1. The molecule has 2 atom stereocenters. The minimum Gasteiger partial charge on any atom is -0.469 e. The van der Waals surface area contributed by atoms with Gasteiger partial charge in [0, 0.05) is 28.6 Å². The molecule has 1 saturated heterocycles. The Bertz CT molecular complexity index is 1150. The molecule has 166 valence electrons. The van der Waals surface area contributed by atoms with Crippen LogP contribution in [0.5, 0.6) is 0 Å². The van der Waals surface area contributed by atoms with Crippen molar-refractivity contribution in [3.8, 4) is 5.69 Å². The summed E-state index contributed by atoms with van der Waals surface area (Å²) in [5.74, 6) is -0.258. The van der Waals surface area contributed by atoms with Gasteiger partial charge in [0.25, 0.3) is 0 Å². The fourth-order valence-electron chi connectivity index (χ4n) is 4.39. The number of carbonyl (C=O) groups excluding carboxylic acids is 1. The minimum absolute atomic E-state index is 0.107. The highest BCUT2D eigenvalue weighted by atomic mass is 79.9. The fourth-order valence-corrected chi connectivity index (χ4v) is 5.18. The zero-order valence-corrected chi connectivity index (χ0v) is 20.6. The summed E-state index contributed by atoms with van der Waals surface area (Å²) in [6.07, 6.45) is 2.05. The van der Waals surface area contributed by atoms with Crippen LogP contribution in [0.2, 0.25) is 0 Å². The molecule has 0 aliphatic carbocycles. The number of pyridine rings is 1. The number of methoxy groups -OCH3 is 1. The number of nitrogens with one attached hydrogen (secondary N) is 1. The molecule has 0 saturated carbocycles. The molecule has 6 nitrogen and oxygen atoms in total. The normalized spacial score (nSPS) is 18.0. The van der Waals surface area contributed by atoms with Crippen LogP contribution in [0.25, 0.3) is 5.69 Å². The van der Waals surface area contributed by atoms with Gasteiger partial charge in [0.2, 0.25) is 0 Å². The fraction of sp³-hybridized carbons (Fsp3) is 0.292. The van der Waals surface area contributed by atoms with E-state index in [4.69, 9.17) is 17.0 Å². The van der Waals surface area contributed by atoms with Crippen LogP contribution in [0, 0.1) is 13.8 Å². The van der Waals surface area contributed by atoms with Crippen LogP contribution in [-0.4, -0.2) is 39.2 Å². The lowest BCUT2D eigenvalue weighted by molar-refractivity contribution is -0.140. The number of nitrogens with zero attached hydrogens (tertiary/aromatic N) is 3. The number of thiocarbonyl (C=S) groups is 1. The quantitative estimate of drug-likeness (QED) is 0.378. The number of rotatable bonds is 6. The first-order chi connectivity index (χ1) is 15.4. The maximum Gasteiger partial charge on any atom is 0.307 e. The number of hydrogen-bond donors (Lipinski definition) is 1. The van der Waals surface area contributed by atoms with Crippen molar-refractivity contribution in [1.29, 1.82) is 0 Å². The molecule has 8 heteroatoms. The van der Waals surface area contributed by atoms with Crippen LogP contribution in [0.15, 0.2) is 59.2 Å². The van der Waals surface area contributed by atoms with Crippen LogP contribution >= 0.6 is 28.1 Å².